The Morgan fingerprint density at radius 1 is 1.39 bits per heavy atom. The number of amides is 1. The monoisotopic (exact) mass is 247 g/mol. The molecule has 1 saturated carbocycles. The molecule has 1 aromatic carbocycles. The second-order valence-electron chi connectivity index (χ2n) is 4.67. The van der Waals surface area contributed by atoms with Gasteiger partial charge in [-0.05, 0) is 24.3 Å². The molecule has 1 aliphatic rings. The van der Waals surface area contributed by atoms with Crippen molar-refractivity contribution in [3.63, 3.8) is 0 Å². The van der Waals surface area contributed by atoms with Gasteiger partial charge in [-0.2, -0.15) is 0 Å². The SMILES string of the molecule is CCC(NC(=O)C1CC1c1ccccc1)C(=O)O. The lowest BCUT2D eigenvalue weighted by Gasteiger charge is -2.12. The minimum absolute atomic E-state index is 0.0687. The third-order valence-corrected chi connectivity index (χ3v) is 3.38. The molecule has 1 aromatic rings. The van der Waals surface area contributed by atoms with Gasteiger partial charge in [-0.15, -0.1) is 0 Å². The molecule has 0 heterocycles. The molecule has 1 aliphatic carbocycles. The van der Waals surface area contributed by atoms with E-state index in [9.17, 15) is 9.59 Å². The second-order valence-corrected chi connectivity index (χ2v) is 4.67. The quantitative estimate of drug-likeness (QED) is 0.833. The van der Waals surface area contributed by atoms with Gasteiger partial charge in [0, 0.05) is 5.92 Å². The van der Waals surface area contributed by atoms with Crippen LogP contribution in [0.5, 0.6) is 0 Å². The Hall–Kier alpha value is -1.84. The van der Waals surface area contributed by atoms with Crippen molar-refractivity contribution in [2.75, 3.05) is 0 Å². The number of hydrogen-bond acceptors (Lipinski definition) is 2. The highest BCUT2D eigenvalue weighted by molar-refractivity contribution is 5.87. The van der Waals surface area contributed by atoms with E-state index in [2.05, 4.69) is 5.32 Å². The van der Waals surface area contributed by atoms with Gasteiger partial charge >= 0.3 is 5.97 Å². The first-order chi connectivity index (χ1) is 8.63. The van der Waals surface area contributed by atoms with Gasteiger partial charge in [-0.3, -0.25) is 4.79 Å². The smallest absolute Gasteiger partial charge is 0.326 e. The lowest BCUT2D eigenvalue weighted by molar-refractivity contribution is -0.142. The maximum absolute atomic E-state index is 11.9. The number of carbonyl (C=O) groups excluding carboxylic acids is 1. The molecule has 2 N–H and O–H groups in total. The van der Waals surface area contributed by atoms with Gasteiger partial charge < -0.3 is 10.4 Å². The van der Waals surface area contributed by atoms with Crippen molar-refractivity contribution < 1.29 is 14.7 Å². The zero-order chi connectivity index (χ0) is 13.1. The minimum atomic E-state index is -0.970. The van der Waals surface area contributed by atoms with Crippen LogP contribution in [0.4, 0.5) is 0 Å². The van der Waals surface area contributed by atoms with Crippen LogP contribution in [0, 0.1) is 5.92 Å². The fourth-order valence-electron chi connectivity index (χ4n) is 2.17. The predicted molar refractivity (Wildman–Crippen MR) is 67.1 cm³/mol. The van der Waals surface area contributed by atoms with E-state index < -0.39 is 12.0 Å². The van der Waals surface area contributed by atoms with Crippen molar-refractivity contribution in [1.82, 2.24) is 5.32 Å². The lowest BCUT2D eigenvalue weighted by Crippen LogP contribution is -2.41. The van der Waals surface area contributed by atoms with Crippen molar-refractivity contribution >= 4 is 11.9 Å². The summed E-state index contributed by atoms with van der Waals surface area (Å²) in [6.45, 7) is 1.75. The molecule has 18 heavy (non-hydrogen) atoms. The Kier molecular flexibility index (Phi) is 3.65. The number of carbonyl (C=O) groups is 2. The number of benzene rings is 1. The van der Waals surface area contributed by atoms with E-state index >= 15 is 0 Å². The van der Waals surface area contributed by atoms with E-state index in [4.69, 9.17) is 5.11 Å². The predicted octanol–water partition coefficient (Wildman–Crippen LogP) is 1.77. The first-order valence-electron chi connectivity index (χ1n) is 6.21. The summed E-state index contributed by atoms with van der Waals surface area (Å²) >= 11 is 0. The van der Waals surface area contributed by atoms with E-state index in [0.29, 0.717) is 6.42 Å². The van der Waals surface area contributed by atoms with E-state index in [0.717, 1.165) is 12.0 Å². The van der Waals surface area contributed by atoms with E-state index in [1.54, 1.807) is 6.92 Å². The van der Waals surface area contributed by atoms with Crippen LogP contribution in [0.15, 0.2) is 30.3 Å². The van der Waals surface area contributed by atoms with Gasteiger partial charge in [0.05, 0.1) is 0 Å². The molecule has 4 heteroatoms. The lowest BCUT2D eigenvalue weighted by atomic mass is 10.1. The summed E-state index contributed by atoms with van der Waals surface area (Å²) in [5, 5.41) is 11.5. The normalized spacial score (nSPS) is 23.2. The van der Waals surface area contributed by atoms with E-state index in [-0.39, 0.29) is 17.7 Å². The highest BCUT2D eigenvalue weighted by Gasteiger charge is 2.44. The Labute approximate surface area is 106 Å². The van der Waals surface area contributed by atoms with Crippen molar-refractivity contribution in [1.29, 1.82) is 0 Å². The van der Waals surface area contributed by atoms with Gasteiger partial charge in [0.15, 0.2) is 0 Å². The van der Waals surface area contributed by atoms with Crippen LogP contribution >= 0.6 is 0 Å². The molecule has 0 radical (unpaired) electrons. The van der Waals surface area contributed by atoms with Crippen LogP contribution in [0.2, 0.25) is 0 Å². The van der Waals surface area contributed by atoms with Crippen LogP contribution in [0.3, 0.4) is 0 Å². The summed E-state index contributed by atoms with van der Waals surface area (Å²) in [6.07, 6.45) is 1.22. The molecular weight excluding hydrogens is 230 g/mol. The minimum Gasteiger partial charge on any atom is -0.480 e. The van der Waals surface area contributed by atoms with Crippen LogP contribution < -0.4 is 5.32 Å². The summed E-state index contributed by atoms with van der Waals surface area (Å²) in [5.74, 6) is -0.931. The third kappa shape index (κ3) is 2.70. The molecule has 4 nitrogen and oxygen atoms in total. The molecule has 1 amide bonds. The maximum atomic E-state index is 11.9. The molecule has 1 fully saturated rings. The summed E-state index contributed by atoms with van der Waals surface area (Å²) in [6, 6.07) is 9.09. The average molecular weight is 247 g/mol. The number of aliphatic carboxylic acids is 1. The first-order valence-corrected chi connectivity index (χ1v) is 6.21. The first kappa shape index (κ1) is 12.6. The highest BCUT2D eigenvalue weighted by Crippen LogP contribution is 2.47. The second kappa shape index (κ2) is 5.21. The Morgan fingerprint density at radius 2 is 2.06 bits per heavy atom. The summed E-state index contributed by atoms with van der Waals surface area (Å²) < 4.78 is 0. The molecule has 3 unspecified atom stereocenters. The standard InChI is InChI=1S/C14H17NO3/c1-2-12(14(17)18)15-13(16)11-8-10(11)9-6-4-3-5-7-9/h3-7,10-12H,2,8H2,1H3,(H,15,16)(H,17,18). The van der Waals surface area contributed by atoms with Gasteiger partial charge in [0.2, 0.25) is 5.91 Å². The van der Waals surface area contributed by atoms with E-state index in [1.165, 1.54) is 0 Å². The average Bonchev–Trinajstić information content (AvgIpc) is 3.16. The van der Waals surface area contributed by atoms with Crippen molar-refractivity contribution in [2.24, 2.45) is 5.92 Å². The fraction of sp³-hybridized carbons (Fsp3) is 0.429. The molecule has 3 atom stereocenters. The maximum Gasteiger partial charge on any atom is 0.326 e. The molecule has 0 saturated heterocycles. The van der Waals surface area contributed by atoms with Crippen LogP contribution in [-0.2, 0) is 9.59 Å². The molecule has 0 spiro atoms. The van der Waals surface area contributed by atoms with Crippen molar-refractivity contribution in [2.45, 2.75) is 31.7 Å². The van der Waals surface area contributed by atoms with Gasteiger partial charge in [-0.1, -0.05) is 37.3 Å². The van der Waals surface area contributed by atoms with Gasteiger partial charge in [0.1, 0.15) is 6.04 Å². The van der Waals surface area contributed by atoms with Crippen molar-refractivity contribution in [3.8, 4) is 0 Å². The number of hydrogen-bond donors (Lipinski definition) is 2. The highest BCUT2D eigenvalue weighted by atomic mass is 16.4. The Balaban J connectivity index is 1.92. The zero-order valence-corrected chi connectivity index (χ0v) is 10.3. The number of carboxylic acids is 1. The molecule has 96 valence electrons. The summed E-state index contributed by atoms with van der Waals surface area (Å²) in [7, 11) is 0. The molecule has 0 aromatic heterocycles. The van der Waals surface area contributed by atoms with Gasteiger partial charge in [-0.25, -0.2) is 4.79 Å². The Morgan fingerprint density at radius 3 is 2.61 bits per heavy atom. The number of nitrogens with one attached hydrogen (secondary N) is 1. The van der Waals surface area contributed by atoms with Crippen molar-refractivity contribution in [3.05, 3.63) is 35.9 Å². The topological polar surface area (TPSA) is 66.4 Å². The molecule has 0 aliphatic heterocycles. The van der Waals surface area contributed by atoms with Gasteiger partial charge in [0.25, 0.3) is 0 Å². The molecular formula is C14H17NO3. The zero-order valence-electron chi connectivity index (χ0n) is 10.3. The van der Waals surface area contributed by atoms with Crippen LogP contribution in [-0.4, -0.2) is 23.0 Å². The number of rotatable bonds is 5. The van der Waals surface area contributed by atoms with Crippen LogP contribution in [0.1, 0.15) is 31.2 Å². The molecule has 2 rings (SSSR count). The summed E-state index contributed by atoms with van der Waals surface area (Å²) in [4.78, 5) is 22.7. The third-order valence-electron chi connectivity index (χ3n) is 3.38. The molecule has 0 bridgehead atoms. The van der Waals surface area contributed by atoms with E-state index in [1.807, 2.05) is 30.3 Å². The fourth-order valence-corrected chi connectivity index (χ4v) is 2.17. The Bertz CT molecular complexity index is 444. The van der Waals surface area contributed by atoms with Crippen LogP contribution in [0.25, 0.3) is 0 Å². The number of carboxylic acid groups (broad SMARTS) is 1. The summed E-state index contributed by atoms with van der Waals surface area (Å²) in [5.41, 5.74) is 1.15. The largest absolute Gasteiger partial charge is 0.480 e.